The highest BCUT2D eigenvalue weighted by atomic mass is 19.4. The number of hydrogen-bond acceptors (Lipinski definition) is 3. The minimum Gasteiger partial charge on any atom is -0.459 e. The molecule has 0 spiro atoms. The second kappa shape index (κ2) is 5.95. The number of nitrogens with two attached hydrogens (primary N) is 1. The van der Waals surface area contributed by atoms with Gasteiger partial charge in [-0.15, -0.1) is 0 Å². The van der Waals surface area contributed by atoms with Gasteiger partial charge in [0.2, 0.25) is 0 Å². The monoisotopic (exact) mass is 301 g/mol. The molecule has 0 amide bonds. The minimum atomic E-state index is -4.51. The molecule has 0 radical (unpaired) electrons. The van der Waals surface area contributed by atoms with Crippen LogP contribution in [0.25, 0.3) is 0 Å². The Hall–Kier alpha value is -1.72. The number of benzene rings is 1. The zero-order valence-corrected chi connectivity index (χ0v) is 11.7. The summed E-state index contributed by atoms with van der Waals surface area (Å²) in [6.45, 7) is 2.13. The Morgan fingerprint density at radius 3 is 2.43 bits per heavy atom. The molecule has 2 N–H and O–H groups in total. The van der Waals surface area contributed by atoms with Crippen molar-refractivity contribution in [3.8, 4) is 0 Å². The Bertz CT molecular complexity index is 520. The molecule has 21 heavy (non-hydrogen) atoms. The van der Waals surface area contributed by atoms with Gasteiger partial charge in [0, 0.05) is 5.69 Å². The summed E-state index contributed by atoms with van der Waals surface area (Å²) in [5.41, 5.74) is 4.47. The molecule has 1 saturated carbocycles. The van der Waals surface area contributed by atoms with Gasteiger partial charge in [0.05, 0.1) is 11.1 Å². The lowest BCUT2D eigenvalue weighted by Crippen LogP contribution is -2.24. The number of carbonyl (C=O) groups excluding carboxylic acids is 1. The average Bonchev–Trinajstić information content (AvgIpc) is 2.40. The van der Waals surface area contributed by atoms with E-state index in [4.69, 9.17) is 10.5 Å². The molecule has 0 atom stereocenters. The fourth-order valence-corrected chi connectivity index (χ4v) is 2.47. The summed E-state index contributed by atoms with van der Waals surface area (Å²) in [4.78, 5) is 12.0. The van der Waals surface area contributed by atoms with Crippen LogP contribution in [-0.2, 0) is 10.9 Å². The van der Waals surface area contributed by atoms with Gasteiger partial charge in [0.25, 0.3) is 0 Å². The number of hydrogen-bond donors (Lipinski definition) is 1. The van der Waals surface area contributed by atoms with Crippen LogP contribution < -0.4 is 5.73 Å². The minimum absolute atomic E-state index is 0.00261. The molecule has 2 rings (SSSR count). The number of anilines is 1. The Balaban J connectivity index is 2.11. The smallest absolute Gasteiger partial charge is 0.416 e. The molecular formula is C15H18F3NO2. The Morgan fingerprint density at radius 1 is 1.24 bits per heavy atom. The first kappa shape index (κ1) is 15.7. The predicted octanol–water partition coefficient (Wildman–Crippen LogP) is 4.02. The van der Waals surface area contributed by atoms with Crippen LogP contribution in [-0.4, -0.2) is 12.1 Å². The van der Waals surface area contributed by atoms with Gasteiger partial charge in [0.1, 0.15) is 6.10 Å². The van der Waals surface area contributed by atoms with Crippen molar-refractivity contribution in [2.75, 3.05) is 5.73 Å². The van der Waals surface area contributed by atoms with E-state index in [1.54, 1.807) is 0 Å². The number of esters is 1. The number of carbonyl (C=O) groups is 1. The lowest BCUT2D eigenvalue weighted by Gasteiger charge is -2.26. The normalized spacial score (nSPS) is 22.9. The molecule has 1 aliphatic carbocycles. The van der Waals surface area contributed by atoms with Gasteiger partial charge < -0.3 is 10.5 Å². The van der Waals surface area contributed by atoms with Crippen LogP contribution in [0.4, 0.5) is 18.9 Å². The quantitative estimate of drug-likeness (QED) is 0.663. The van der Waals surface area contributed by atoms with Crippen LogP contribution in [0.2, 0.25) is 0 Å². The number of rotatable bonds is 2. The van der Waals surface area contributed by atoms with Gasteiger partial charge in [-0.2, -0.15) is 13.2 Å². The first-order valence-corrected chi connectivity index (χ1v) is 6.95. The molecule has 3 nitrogen and oxygen atoms in total. The van der Waals surface area contributed by atoms with Gasteiger partial charge >= 0.3 is 12.1 Å². The molecular weight excluding hydrogens is 283 g/mol. The largest absolute Gasteiger partial charge is 0.459 e. The van der Waals surface area contributed by atoms with E-state index in [1.807, 2.05) is 0 Å². The number of ether oxygens (including phenoxy) is 1. The molecule has 116 valence electrons. The Labute approximate surface area is 121 Å². The molecule has 6 heteroatoms. The number of alkyl halides is 3. The van der Waals surface area contributed by atoms with E-state index in [-0.39, 0.29) is 17.4 Å². The van der Waals surface area contributed by atoms with Crippen LogP contribution in [0.5, 0.6) is 0 Å². The predicted molar refractivity (Wildman–Crippen MR) is 72.7 cm³/mol. The summed E-state index contributed by atoms with van der Waals surface area (Å²) >= 11 is 0. The van der Waals surface area contributed by atoms with Gasteiger partial charge in [-0.25, -0.2) is 4.79 Å². The summed E-state index contributed by atoms with van der Waals surface area (Å²) in [6.07, 6.45) is -1.35. The van der Waals surface area contributed by atoms with E-state index in [0.717, 1.165) is 43.9 Å². The fraction of sp³-hybridized carbons (Fsp3) is 0.533. The van der Waals surface area contributed by atoms with E-state index >= 15 is 0 Å². The van der Waals surface area contributed by atoms with Crippen molar-refractivity contribution in [1.82, 2.24) is 0 Å². The van der Waals surface area contributed by atoms with Gasteiger partial charge in [0.15, 0.2) is 0 Å². The number of halogens is 3. The lowest BCUT2D eigenvalue weighted by molar-refractivity contribution is -0.137. The summed E-state index contributed by atoms with van der Waals surface area (Å²) in [5.74, 6) is -0.184. The molecule has 0 aromatic heterocycles. The average molecular weight is 301 g/mol. The van der Waals surface area contributed by atoms with Gasteiger partial charge in [-0.3, -0.25) is 0 Å². The lowest BCUT2D eigenvalue weighted by atomic mass is 9.89. The van der Waals surface area contributed by atoms with E-state index in [2.05, 4.69) is 6.92 Å². The maximum Gasteiger partial charge on any atom is 0.416 e. The van der Waals surface area contributed by atoms with Gasteiger partial charge in [-0.1, -0.05) is 6.92 Å². The molecule has 1 aliphatic rings. The van der Waals surface area contributed by atoms with Crippen molar-refractivity contribution in [1.29, 1.82) is 0 Å². The topological polar surface area (TPSA) is 52.3 Å². The highest BCUT2D eigenvalue weighted by Gasteiger charge is 2.32. The molecule has 1 aromatic carbocycles. The standard InChI is InChI=1S/C15H18F3NO2/c1-9-2-5-11(6-3-9)21-14(20)12-8-10(15(16,17)18)4-7-13(12)19/h4,7-9,11H,2-3,5-6,19H2,1H3. The molecule has 0 saturated heterocycles. The van der Waals surface area contributed by atoms with E-state index in [0.29, 0.717) is 5.92 Å². The molecule has 0 unspecified atom stereocenters. The first-order chi connectivity index (χ1) is 9.77. The highest BCUT2D eigenvalue weighted by molar-refractivity contribution is 5.95. The zero-order chi connectivity index (χ0) is 15.6. The molecule has 1 aromatic rings. The summed E-state index contributed by atoms with van der Waals surface area (Å²) in [5, 5.41) is 0. The van der Waals surface area contributed by atoms with Crippen LogP contribution in [0.3, 0.4) is 0 Å². The maximum absolute atomic E-state index is 12.7. The van der Waals surface area contributed by atoms with Crippen LogP contribution >= 0.6 is 0 Å². The first-order valence-electron chi connectivity index (χ1n) is 6.95. The van der Waals surface area contributed by atoms with Crippen molar-refractivity contribution >= 4 is 11.7 Å². The maximum atomic E-state index is 12.7. The second-order valence-electron chi connectivity index (χ2n) is 5.59. The molecule has 0 aliphatic heterocycles. The van der Waals surface area contributed by atoms with Crippen LogP contribution in [0, 0.1) is 5.92 Å². The molecule has 0 heterocycles. The second-order valence-corrected chi connectivity index (χ2v) is 5.59. The van der Waals surface area contributed by atoms with Crippen molar-refractivity contribution in [2.24, 2.45) is 5.92 Å². The van der Waals surface area contributed by atoms with Crippen LogP contribution in [0.1, 0.15) is 48.5 Å². The van der Waals surface area contributed by atoms with E-state index in [1.165, 1.54) is 0 Å². The fourth-order valence-electron chi connectivity index (χ4n) is 2.47. The highest BCUT2D eigenvalue weighted by Crippen LogP contribution is 2.32. The van der Waals surface area contributed by atoms with E-state index < -0.39 is 17.7 Å². The van der Waals surface area contributed by atoms with Crippen molar-refractivity contribution in [2.45, 2.75) is 44.9 Å². The number of nitrogen functional groups attached to an aromatic ring is 1. The zero-order valence-electron chi connectivity index (χ0n) is 11.7. The van der Waals surface area contributed by atoms with Crippen LogP contribution in [0.15, 0.2) is 18.2 Å². The van der Waals surface area contributed by atoms with Gasteiger partial charge in [-0.05, 0) is 49.8 Å². The van der Waals surface area contributed by atoms with Crippen molar-refractivity contribution in [3.05, 3.63) is 29.3 Å². The SMILES string of the molecule is CC1CCC(OC(=O)c2cc(C(F)(F)F)ccc2N)CC1. The molecule has 1 fully saturated rings. The third-order valence-electron chi connectivity index (χ3n) is 3.84. The third kappa shape index (κ3) is 3.89. The molecule has 0 bridgehead atoms. The Kier molecular flexibility index (Phi) is 4.44. The van der Waals surface area contributed by atoms with E-state index in [9.17, 15) is 18.0 Å². The summed E-state index contributed by atoms with van der Waals surface area (Å²) in [6, 6.07) is 2.69. The van der Waals surface area contributed by atoms with Crippen molar-refractivity contribution in [3.63, 3.8) is 0 Å². The van der Waals surface area contributed by atoms with Crippen molar-refractivity contribution < 1.29 is 22.7 Å². The summed E-state index contributed by atoms with van der Waals surface area (Å²) in [7, 11) is 0. The summed E-state index contributed by atoms with van der Waals surface area (Å²) < 4.78 is 43.3. The third-order valence-corrected chi connectivity index (χ3v) is 3.84. The Morgan fingerprint density at radius 2 is 1.86 bits per heavy atom.